The molecular weight excluding hydrogens is 324 g/mol. The van der Waals surface area contributed by atoms with Crippen LogP contribution in [-0.2, 0) is 0 Å². The fourth-order valence-electron chi connectivity index (χ4n) is 2.93. The molecule has 3 aromatic rings. The summed E-state index contributed by atoms with van der Waals surface area (Å²) in [6.45, 7) is 2.21. The highest BCUT2D eigenvalue weighted by atomic mass is 28.3. The first-order valence-electron chi connectivity index (χ1n) is 8.85. The minimum Gasteiger partial charge on any atom is -0.514 e. The van der Waals surface area contributed by atoms with Crippen molar-refractivity contribution in [2.45, 2.75) is 25.3 Å². The molecule has 25 heavy (non-hydrogen) atoms. The lowest BCUT2D eigenvalue weighted by atomic mass is 10.1. The van der Waals surface area contributed by atoms with Crippen molar-refractivity contribution in [1.82, 2.24) is 0 Å². The molecule has 0 amide bonds. The summed E-state index contributed by atoms with van der Waals surface area (Å²) in [5.74, 6) is 1.76. The van der Waals surface area contributed by atoms with Crippen molar-refractivity contribution >= 4 is 9.28 Å². The third kappa shape index (κ3) is 4.97. The highest BCUT2D eigenvalue weighted by Gasteiger charge is 2.30. The molecule has 128 valence electrons. The molecule has 3 heteroatoms. The van der Waals surface area contributed by atoms with E-state index in [0.29, 0.717) is 5.54 Å². The van der Waals surface area contributed by atoms with E-state index in [9.17, 15) is 0 Å². The van der Waals surface area contributed by atoms with Crippen LogP contribution in [0.2, 0.25) is 0 Å². The molecular formula is C22H24O2Si. The minimum atomic E-state index is -2.05. The van der Waals surface area contributed by atoms with Crippen molar-refractivity contribution in [3.05, 3.63) is 96.6 Å². The Labute approximate surface area is 151 Å². The van der Waals surface area contributed by atoms with Crippen molar-refractivity contribution in [2.75, 3.05) is 0 Å². The van der Waals surface area contributed by atoms with Crippen LogP contribution in [0, 0.1) is 0 Å². The Morgan fingerprint density at radius 2 is 1.12 bits per heavy atom. The highest BCUT2D eigenvalue weighted by molar-refractivity contribution is 6.48. The second kappa shape index (κ2) is 9.09. The zero-order valence-corrected chi connectivity index (χ0v) is 15.7. The van der Waals surface area contributed by atoms with Crippen molar-refractivity contribution in [1.29, 1.82) is 0 Å². The molecule has 0 heterocycles. The lowest BCUT2D eigenvalue weighted by Gasteiger charge is -2.26. The molecule has 3 rings (SSSR count). The Morgan fingerprint density at radius 1 is 0.680 bits per heavy atom. The van der Waals surface area contributed by atoms with Gasteiger partial charge >= 0.3 is 9.28 Å². The number of rotatable bonds is 8. The van der Waals surface area contributed by atoms with Crippen LogP contribution in [0.1, 0.15) is 30.9 Å². The van der Waals surface area contributed by atoms with Crippen LogP contribution in [-0.4, -0.2) is 9.28 Å². The molecule has 0 saturated heterocycles. The molecule has 0 aliphatic heterocycles. The van der Waals surface area contributed by atoms with E-state index < -0.39 is 9.28 Å². The summed E-state index contributed by atoms with van der Waals surface area (Å²) in [6, 6.07) is 30.6. The van der Waals surface area contributed by atoms with Crippen molar-refractivity contribution < 1.29 is 8.85 Å². The number of hydrogen-bond acceptors (Lipinski definition) is 2. The Balaban J connectivity index is 1.89. The van der Waals surface area contributed by atoms with E-state index in [-0.39, 0.29) is 0 Å². The largest absolute Gasteiger partial charge is 0.514 e. The summed E-state index contributed by atoms with van der Waals surface area (Å²) in [7, 11) is -2.05. The van der Waals surface area contributed by atoms with E-state index in [0.717, 1.165) is 24.3 Å². The molecule has 1 atom stereocenters. The molecule has 1 unspecified atom stereocenters. The van der Waals surface area contributed by atoms with Gasteiger partial charge in [-0.25, -0.2) is 0 Å². The third-order valence-corrected chi connectivity index (χ3v) is 6.53. The van der Waals surface area contributed by atoms with Gasteiger partial charge in [0.05, 0.1) is 0 Å². The van der Waals surface area contributed by atoms with Crippen LogP contribution in [0.25, 0.3) is 0 Å². The Hall–Kier alpha value is -2.52. The number of hydrogen-bond donors (Lipinski definition) is 0. The highest BCUT2D eigenvalue weighted by Crippen LogP contribution is 2.28. The third-order valence-electron chi connectivity index (χ3n) is 4.15. The average Bonchev–Trinajstić information content (AvgIpc) is 2.68. The van der Waals surface area contributed by atoms with Gasteiger partial charge in [-0.3, -0.25) is 0 Å². The first-order valence-corrected chi connectivity index (χ1v) is 10.5. The van der Waals surface area contributed by atoms with Gasteiger partial charge < -0.3 is 8.85 Å². The molecule has 0 bridgehead atoms. The van der Waals surface area contributed by atoms with Gasteiger partial charge in [-0.05, 0) is 36.2 Å². The minimum absolute atomic E-state index is 0.298. The molecule has 0 saturated carbocycles. The fourth-order valence-corrected chi connectivity index (χ4v) is 5.30. The van der Waals surface area contributed by atoms with Crippen molar-refractivity contribution in [2.24, 2.45) is 0 Å². The van der Waals surface area contributed by atoms with E-state index in [4.69, 9.17) is 8.85 Å². The predicted octanol–water partition coefficient (Wildman–Crippen LogP) is 5.49. The quantitative estimate of drug-likeness (QED) is 0.501. The molecule has 0 radical (unpaired) electrons. The lowest BCUT2D eigenvalue weighted by molar-refractivity contribution is 0.398. The summed E-state index contributed by atoms with van der Waals surface area (Å²) in [6.07, 6.45) is 2.15. The standard InChI is InChI=1S/C22H24O2Si/c1-2-12-22(19-13-6-3-7-14-19)25(23-20-15-8-4-9-16-20)24-21-17-10-5-11-18-21/h3-11,13-18,22,25H,2,12H2,1H3. The molecule has 0 aliphatic carbocycles. The molecule has 3 aromatic carbocycles. The fraction of sp³-hybridized carbons (Fsp3) is 0.182. The van der Waals surface area contributed by atoms with E-state index in [1.807, 2.05) is 60.7 Å². The maximum Gasteiger partial charge on any atom is 0.452 e. The summed E-state index contributed by atoms with van der Waals surface area (Å²) in [5, 5.41) is 0. The van der Waals surface area contributed by atoms with Gasteiger partial charge in [-0.1, -0.05) is 80.1 Å². The van der Waals surface area contributed by atoms with Crippen LogP contribution in [0.4, 0.5) is 0 Å². The van der Waals surface area contributed by atoms with E-state index >= 15 is 0 Å². The zero-order chi connectivity index (χ0) is 17.3. The second-order valence-corrected chi connectivity index (χ2v) is 8.05. The topological polar surface area (TPSA) is 18.5 Å². The second-order valence-electron chi connectivity index (χ2n) is 6.04. The van der Waals surface area contributed by atoms with Gasteiger partial charge in [0, 0.05) is 5.54 Å². The molecule has 0 aliphatic rings. The van der Waals surface area contributed by atoms with Gasteiger partial charge in [-0.2, -0.15) is 0 Å². The van der Waals surface area contributed by atoms with Crippen LogP contribution in [0.15, 0.2) is 91.0 Å². The SMILES string of the molecule is CCCC(c1ccccc1)[SiH](Oc1ccccc1)Oc1ccccc1. The summed E-state index contributed by atoms with van der Waals surface area (Å²) in [4.78, 5) is 0. The van der Waals surface area contributed by atoms with E-state index in [2.05, 4.69) is 37.3 Å². The first kappa shape index (κ1) is 17.3. The van der Waals surface area contributed by atoms with Crippen LogP contribution in [0.5, 0.6) is 11.5 Å². The van der Waals surface area contributed by atoms with Gasteiger partial charge in [-0.15, -0.1) is 0 Å². The summed E-state index contributed by atoms with van der Waals surface area (Å²) < 4.78 is 12.8. The van der Waals surface area contributed by atoms with Gasteiger partial charge in [0.25, 0.3) is 0 Å². The van der Waals surface area contributed by atoms with Gasteiger partial charge in [0.15, 0.2) is 0 Å². The summed E-state index contributed by atoms with van der Waals surface area (Å²) in [5.41, 5.74) is 1.60. The zero-order valence-electron chi connectivity index (χ0n) is 14.5. The predicted molar refractivity (Wildman–Crippen MR) is 105 cm³/mol. The van der Waals surface area contributed by atoms with Crippen LogP contribution in [0.3, 0.4) is 0 Å². The molecule has 0 spiro atoms. The number of para-hydroxylation sites is 2. The van der Waals surface area contributed by atoms with Crippen LogP contribution < -0.4 is 8.85 Å². The van der Waals surface area contributed by atoms with E-state index in [1.165, 1.54) is 5.56 Å². The molecule has 0 aromatic heterocycles. The lowest BCUT2D eigenvalue weighted by Crippen LogP contribution is -2.37. The maximum absolute atomic E-state index is 6.40. The number of benzene rings is 3. The Morgan fingerprint density at radius 3 is 1.56 bits per heavy atom. The Kier molecular flexibility index (Phi) is 6.29. The van der Waals surface area contributed by atoms with Gasteiger partial charge in [0.2, 0.25) is 0 Å². The monoisotopic (exact) mass is 348 g/mol. The van der Waals surface area contributed by atoms with Crippen molar-refractivity contribution in [3.8, 4) is 11.5 Å². The molecule has 2 nitrogen and oxygen atoms in total. The normalized spacial score (nSPS) is 11.9. The van der Waals surface area contributed by atoms with Crippen LogP contribution >= 0.6 is 0 Å². The van der Waals surface area contributed by atoms with Crippen molar-refractivity contribution in [3.63, 3.8) is 0 Å². The summed E-state index contributed by atoms with van der Waals surface area (Å²) >= 11 is 0. The Bertz CT molecular complexity index is 690. The van der Waals surface area contributed by atoms with E-state index in [1.54, 1.807) is 0 Å². The first-order chi connectivity index (χ1) is 12.4. The average molecular weight is 349 g/mol. The molecule has 0 fully saturated rings. The maximum atomic E-state index is 6.40. The molecule has 0 N–H and O–H groups in total. The van der Waals surface area contributed by atoms with Gasteiger partial charge in [0.1, 0.15) is 11.5 Å². The smallest absolute Gasteiger partial charge is 0.452 e.